The first kappa shape index (κ1) is 12.5. The largest absolute Gasteiger partial charge is 0.394 e. The van der Waals surface area contributed by atoms with Crippen LogP contribution in [0.1, 0.15) is 31.4 Å². The Bertz CT molecular complexity index is 342. The van der Waals surface area contributed by atoms with Crippen molar-refractivity contribution in [2.24, 2.45) is 0 Å². The molecule has 1 aromatic rings. The third-order valence-corrected chi connectivity index (χ3v) is 3.19. The number of aliphatic hydroxyl groups excluding tert-OH is 2. The lowest BCUT2D eigenvalue weighted by atomic mass is 9.92. The van der Waals surface area contributed by atoms with Crippen LogP contribution in [0.5, 0.6) is 0 Å². The summed E-state index contributed by atoms with van der Waals surface area (Å²) in [5, 5.41) is 29.8. The topological polar surface area (TPSA) is 83.2 Å². The van der Waals surface area contributed by atoms with Gasteiger partial charge in [-0.1, -0.05) is 18.1 Å². The normalized spacial score (nSPS) is 25.1. The molecule has 17 heavy (non-hydrogen) atoms. The minimum absolute atomic E-state index is 0.0670. The fraction of sp³-hybridized carbons (Fsp3) is 0.818. The summed E-state index contributed by atoms with van der Waals surface area (Å²) in [6.45, 7) is 1.16. The van der Waals surface area contributed by atoms with Gasteiger partial charge in [0.15, 0.2) is 0 Å². The summed E-state index contributed by atoms with van der Waals surface area (Å²) in [7, 11) is 0. The molecule has 0 bridgehead atoms. The van der Waals surface area contributed by atoms with Crippen LogP contribution < -0.4 is 5.32 Å². The molecule has 2 rings (SSSR count). The molecule has 2 unspecified atom stereocenters. The van der Waals surface area contributed by atoms with E-state index < -0.39 is 0 Å². The van der Waals surface area contributed by atoms with E-state index in [1.165, 1.54) is 6.42 Å². The molecule has 0 aromatic carbocycles. The minimum Gasteiger partial charge on any atom is -0.394 e. The summed E-state index contributed by atoms with van der Waals surface area (Å²) in [6, 6.07) is 0.173. The quantitative estimate of drug-likeness (QED) is 0.656. The summed E-state index contributed by atoms with van der Waals surface area (Å²) in [4.78, 5) is 0. The molecule has 1 heterocycles. The van der Waals surface area contributed by atoms with Gasteiger partial charge < -0.3 is 15.5 Å². The Morgan fingerprint density at radius 3 is 3.00 bits per heavy atom. The van der Waals surface area contributed by atoms with E-state index in [0.717, 1.165) is 25.0 Å². The van der Waals surface area contributed by atoms with Crippen molar-refractivity contribution >= 4 is 0 Å². The highest BCUT2D eigenvalue weighted by molar-refractivity contribution is 4.93. The van der Waals surface area contributed by atoms with Crippen molar-refractivity contribution in [3.05, 3.63) is 11.9 Å². The van der Waals surface area contributed by atoms with E-state index in [-0.39, 0.29) is 18.8 Å². The molecule has 2 atom stereocenters. The van der Waals surface area contributed by atoms with E-state index in [9.17, 15) is 5.11 Å². The van der Waals surface area contributed by atoms with Gasteiger partial charge in [-0.05, 0) is 12.8 Å². The number of hydrogen-bond acceptors (Lipinski definition) is 5. The molecule has 1 aliphatic carbocycles. The average molecular weight is 240 g/mol. The molecular formula is C11H20N4O2. The molecule has 1 aromatic heterocycles. The maximum Gasteiger partial charge on any atom is 0.0964 e. The second kappa shape index (κ2) is 6.09. The van der Waals surface area contributed by atoms with Gasteiger partial charge in [-0.2, -0.15) is 0 Å². The van der Waals surface area contributed by atoms with Crippen molar-refractivity contribution in [2.45, 2.75) is 50.9 Å². The van der Waals surface area contributed by atoms with E-state index >= 15 is 0 Å². The van der Waals surface area contributed by atoms with Gasteiger partial charge in [0.25, 0.3) is 0 Å². The summed E-state index contributed by atoms with van der Waals surface area (Å²) >= 11 is 0. The molecular weight excluding hydrogens is 220 g/mol. The van der Waals surface area contributed by atoms with Crippen molar-refractivity contribution in [3.8, 4) is 0 Å². The van der Waals surface area contributed by atoms with Crippen LogP contribution in [-0.2, 0) is 13.1 Å². The molecule has 0 spiro atoms. The van der Waals surface area contributed by atoms with E-state index in [2.05, 4.69) is 15.6 Å². The summed E-state index contributed by atoms with van der Waals surface area (Å²) in [5.41, 5.74) is 0.844. The van der Waals surface area contributed by atoms with Crippen LogP contribution in [0.25, 0.3) is 0 Å². The molecule has 0 aliphatic heterocycles. The van der Waals surface area contributed by atoms with Gasteiger partial charge in [0.2, 0.25) is 0 Å². The maximum absolute atomic E-state index is 9.80. The van der Waals surface area contributed by atoms with E-state index in [0.29, 0.717) is 13.1 Å². The van der Waals surface area contributed by atoms with Gasteiger partial charge in [0.1, 0.15) is 0 Å². The fourth-order valence-electron chi connectivity index (χ4n) is 2.22. The molecule has 1 aliphatic rings. The maximum atomic E-state index is 9.80. The number of rotatable bonds is 5. The van der Waals surface area contributed by atoms with Crippen LogP contribution >= 0.6 is 0 Å². The Balaban J connectivity index is 1.79. The Morgan fingerprint density at radius 1 is 1.41 bits per heavy atom. The van der Waals surface area contributed by atoms with Crippen molar-refractivity contribution in [2.75, 3.05) is 6.61 Å². The van der Waals surface area contributed by atoms with Crippen LogP contribution in [-0.4, -0.2) is 44.0 Å². The number of aliphatic hydroxyl groups is 2. The van der Waals surface area contributed by atoms with Crippen LogP contribution in [0.4, 0.5) is 0 Å². The lowest BCUT2D eigenvalue weighted by Crippen LogP contribution is -2.41. The summed E-state index contributed by atoms with van der Waals surface area (Å²) < 4.78 is 1.62. The number of aromatic nitrogens is 3. The molecule has 0 radical (unpaired) electrons. The van der Waals surface area contributed by atoms with Crippen molar-refractivity contribution in [1.82, 2.24) is 20.3 Å². The molecule has 3 N–H and O–H groups in total. The monoisotopic (exact) mass is 240 g/mol. The first-order chi connectivity index (χ1) is 8.29. The van der Waals surface area contributed by atoms with E-state index in [4.69, 9.17) is 5.11 Å². The smallest absolute Gasteiger partial charge is 0.0964 e. The van der Waals surface area contributed by atoms with Crippen LogP contribution in [0, 0.1) is 0 Å². The van der Waals surface area contributed by atoms with E-state index in [1.54, 1.807) is 4.68 Å². The molecule has 6 nitrogen and oxygen atoms in total. The second-order valence-corrected chi connectivity index (χ2v) is 4.54. The Hall–Kier alpha value is -0.980. The summed E-state index contributed by atoms with van der Waals surface area (Å²) in [6.07, 6.45) is 5.77. The highest BCUT2D eigenvalue weighted by Gasteiger charge is 2.22. The molecule has 1 fully saturated rings. The Morgan fingerprint density at radius 2 is 2.24 bits per heavy atom. The zero-order valence-corrected chi connectivity index (χ0v) is 9.92. The lowest BCUT2D eigenvalue weighted by Gasteiger charge is -2.28. The predicted molar refractivity (Wildman–Crippen MR) is 62.2 cm³/mol. The zero-order valence-electron chi connectivity index (χ0n) is 9.92. The Kier molecular flexibility index (Phi) is 4.47. The highest BCUT2D eigenvalue weighted by Crippen LogP contribution is 2.18. The number of hydrogen-bond donors (Lipinski definition) is 3. The predicted octanol–water partition coefficient (Wildman–Crippen LogP) is -0.336. The van der Waals surface area contributed by atoms with Crippen molar-refractivity contribution in [1.29, 1.82) is 0 Å². The van der Waals surface area contributed by atoms with Crippen LogP contribution in [0.15, 0.2) is 6.20 Å². The molecule has 6 heteroatoms. The standard InChI is InChI=1S/C11H20N4O2/c16-6-5-15-8-9(13-14-15)7-12-10-3-1-2-4-11(10)17/h8,10-12,16-17H,1-7H2. The molecule has 96 valence electrons. The molecule has 1 saturated carbocycles. The highest BCUT2D eigenvalue weighted by atomic mass is 16.3. The van der Waals surface area contributed by atoms with Crippen molar-refractivity contribution < 1.29 is 10.2 Å². The van der Waals surface area contributed by atoms with Crippen LogP contribution in [0.3, 0.4) is 0 Å². The third kappa shape index (κ3) is 3.49. The Labute approximate surface area is 101 Å². The van der Waals surface area contributed by atoms with Crippen LogP contribution in [0.2, 0.25) is 0 Å². The lowest BCUT2D eigenvalue weighted by molar-refractivity contribution is 0.0901. The minimum atomic E-state index is -0.240. The second-order valence-electron chi connectivity index (χ2n) is 4.54. The third-order valence-electron chi connectivity index (χ3n) is 3.19. The summed E-state index contributed by atoms with van der Waals surface area (Å²) in [5.74, 6) is 0. The first-order valence-corrected chi connectivity index (χ1v) is 6.21. The van der Waals surface area contributed by atoms with Gasteiger partial charge in [-0.3, -0.25) is 0 Å². The fourth-order valence-corrected chi connectivity index (χ4v) is 2.22. The number of nitrogens with one attached hydrogen (secondary N) is 1. The van der Waals surface area contributed by atoms with E-state index in [1.807, 2.05) is 6.20 Å². The molecule has 0 amide bonds. The van der Waals surface area contributed by atoms with Gasteiger partial charge in [-0.25, -0.2) is 4.68 Å². The first-order valence-electron chi connectivity index (χ1n) is 6.21. The van der Waals surface area contributed by atoms with Gasteiger partial charge in [0, 0.05) is 18.8 Å². The number of nitrogens with zero attached hydrogens (tertiary/aromatic N) is 3. The zero-order chi connectivity index (χ0) is 12.1. The van der Waals surface area contributed by atoms with Gasteiger partial charge in [0.05, 0.1) is 24.9 Å². The SMILES string of the molecule is OCCn1cc(CNC2CCCCC2O)nn1. The van der Waals surface area contributed by atoms with Gasteiger partial charge >= 0.3 is 0 Å². The van der Waals surface area contributed by atoms with Gasteiger partial charge in [-0.15, -0.1) is 5.10 Å². The van der Waals surface area contributed by atoms with Crippen molar-refractivity contribution in [3.63, 3.8) is 0 Å². The molecule has 0 saturated heterocycles. The average Bonchev–Trinajstić information content (AvgIpc) is 2.76.